The molecule has 0 spiro atoms. The highest BCUT2D eigenvalue weighted by atomic mass is 16.2. The maximum Gasteiger partial charge on any atom is 0.314 e. The minimum atomic E-state index is -0.310. The quantitative estimate of drug-likeness (QED) is 0.698. The van der Waals surface area contributed by atoms with Crippen LogP contribution in [0.2, 0.25) is 0 Å². The van der Waals surface area contributed by atoms with Gasteiger partial charge in [0.15, 0.2) is 0 Å². The van der Waals surface area contributed by atoms with Crippen molar-refractivity contribution in [2.45, 2.75) is 25.8 Å². The molecule has 2 aliphatic heterocycles. The molecule has 0 aromatic rings. The molecule has 102 valence electrons. The zero-order chi connectivity index (χ0) is 13.1. The van der Waals surface area contributed by atoms with Gasteiger partial charge in [0.25, 0.3) is 0 Å². The molecule has 3 amide bonds. The second kappa shape index (κ2) is 5.56. The largest absolute Gasteiger partial charge is 0.351 e. The smallest absolute Gasteiger partial charge is 0.314 e. The third-order valence-corrected chi connectivity index (χ3v) is 4.05. The Morgan fingerprint density at radius 2 is 1.50 bits per heavy atom. The molecule has 0 radical (unpaired) electrons. The summed E-state index contributed by atoms with van der Waals surface area (Å²) in [6, 6.07) is 0.226. The van der Waals surface area contributed by atoms with Crippen molar-refractivity contribution in [1.82, 2.24) is 14.7 Å². The molecule has 2 saturated heterocycles. The molecule has 2 aliphatic rings. The molecule has 0 unspecified atom stereocenters. The van der Waals surface area contributed by atoms with Gasteiger partial charge in [0, 0.05) is 52.2 Å². The lowest BCUT2D eigenvalue weighted by molar-refractivity contribution is -0.131. The number of piperazine rings is 1. The summed E-state index contributed by atoms with van der Waals surface area (Å²) in [6.45, 7) is 6.68. The highest BCUT2D eigenvalue weighted by Crippen LogP contribution is 2.18. The molecule has 6 nitrogen and oxygen atoms in total. The van der Waals surface area contributed by atoms with Crippen molar-refractivity contribution in [1.29, 1.82) is 0 Å². The van der Waals surface area contributed by atoms with Crippen LogP contribution in [0.3, 0.4) is 0 Å². The summed E-state index contributed by atoms with van der Waals surface area (Å²) in [7, 11) is 0. The highest BCUT2D eigenvalue weighted by molar-refractivity contribution is 5.73. The van der Waals surface area contributed by atoms with Crippen molar-refractivity contribution in [3.05, 3.63) is 0 Å². The molecule has 0 aromatic carbocycles. The molecule has 2 heterocycles. The Morgan fingerprint density at radius 3 is 1.94 bits per heavy atom. The Bertz CT molecular complexity index is 286. The number of primary amides is 1. The van der Waals surface area contributed by atoms with Gasteiger partial charge in [0.2, 0.25) is 5.91 Å². The summed E-state index contributed by atoms with van der Waals surface area (Å²) in [5.74, 6) is 0.165. The number of rotatable bonds is 1. The van der Waals surface area contributed by atoms with Gasteiger partial charge in [0.1, 0.15) is 0 Å². The van der Waals surface area contributed by atoms with Crippen molar-refractivity contribution >= 4 is 11.9 Å². The van der Waals surface area contributed by atoms with E-state index in [9.17, 15) is 9.59 Å². The fraction of sp³-hybridized carbons (Fsp3) is 0.833. The SMILES string of the molecule is CC(=O)N1CCN(C2CCN(C(N)=O)CC2)CC1. The Balaban J connectivity index is 1.78. The lowest BCUT2D eigenvalue weighted by Crippen LogP contribution is -2.54. The van der Waals surface area contributed by atoms with Gasteiger partial charge in [0.05, 0.1) is 0 Å². The third kappa shape index (κ3) is 2.93. The van der Waals surface area contributed by atoms with Gasteiger partial charge < -0.3 is 15.5 Å². The molecule has 2 rings (SSSR count). The van der Waals surface area contributed by atoms with Gasteiger partial charge in [-0.1, -0.05) is 0 Å². The van der Waals surface area contributed by atoms with Crippen LogP contribution in [0.1, 0.15) is 19.8 Å². The van der Waals surface area contributed by atoms with Crippen LogP contribution in [0.4, 0.5) is 4.79 Å². The van der Waals surface area contributed by atoms with Crippen molar-refractivity contribution in [2.75, 3.05) is 39.3 Å². The summed E-state index contributed by atoms with van der Waals surface area (Å²) in [6.07, 6.45) is 1.98. The highest BCUT2D eigenvalue weighted by Gasteiger charge is 2.28. The summed E-state index contributed by atoms with van der Waals surface area (Å²) < 4.78 is 0. The summed E-state index contributed by atoms with van der Waals surface area (Å²) in [5.41, 5.74) is 5.27. The minimum Gasteiger partial charge on any atom is -0.351 e. The molecule has 0 atom stereocenters. The predicted molar refractivity (Wildman–Crippen MR) is 68.0 cm³/mol. The van der Waals surface area contributed by atoms with Crippen LogP contribution in [0.25, 0.3) is 0 Å². The first kappa shape index (κ1) is 13.1. The van der Waals surface area contributed by atoms with Crippen LogP contribution in [0.15, 0.2) is 0 Å². The van der Waals surface area contributed by atoms with Gasteiger partial charge in [-0.2, -0.15) is 0 Å². The number of piperidine rings is 1. The van der Waals surface area contributed by atoms with Gasteiger partial charge in [-0.3, -0.25) is 9.69 Å². The van der Waals surface area contributed by atoms with E-state index >= 15 is 0 Å². The first-order chi connectivity index (χ1) is 8.58. The monoisotopic (exact) mass is 254 g/mol. The topological polar surface area (TPSA) is 69.9 Å². The fourth-order valence-corrected chi connectivity index (χ4v) is 2.85. The Labute approximate surface area is 108 Å². The number of urea groups is 1. The summed E-state index contributed by atoms with van der Waals surface area (Å²) in [5, 5.41) is 0. The van der Waals surface area contributed by atoms with Crippen molar-refractivity contribution in [3.63, 3.8) is 0 Å². The molecule has 0 saturated carbocycles. The average Bonchev–Trinajstić information content (AvgIpc) is 2.39. The van der Waals surface area contributed by atoms with Crippen LogP contribution in [0.5, 0.6) is 0 Å². The van der Waals surface area contributed by atoms with E-state index < -0.39 is 0 Å². The van der Waals surface area contributed by atoms with E-state index in [4.69, 9.17) is 5.73 Å². The fourth-order valence-electron chi connectivity index (χ4n) is 2.85. The lowest BCUT2D eigenvalue weighted by atomic mass is 10.0. The van der Waals surface area contributed by atoms with Gasteiger partial charge >= 0.3 is 6.03 Å². The van der Waals surface area contributed by atoms with Crippen LogP contribution in [-0.4, -0.2) is 71.9 Å². The zero-order valence-corrected chi connectivity index (χ0v) is 11.0. The lowest BCUT2D eigenvalue weighted by Gasteiger charge is -2.42. The first-order valence-corrected chi connectivity index (χ1v) is 6.62. The van der Waals surface area contributed by atoms with Crippen molar-refractivity contribution < 1.29 is 9.59 Å². The summed E-state index contributed by atoms with van der Waals surface area (Å²) in [4.78, 5) is 28.3. The predicted octanol–water partition coefficient (Wildman–Crippen LogP) is -0.306. The van der Waals surface area contributed by atoms with Crippen molar-refractivity contribution in [3.8, 4) is 0 Å². The molecule has 2 fully saturated rings. The second-order valence-electron chi connectivity index (χ2n) is 5.10. The van der Waals surface area contributed by atoms with E-state index in [-0.39, 0.29) is 11.9 Å². The molecule has 2 N–H and O–H groups in total. The number of hydrogen-bond acceptors (Lipinski definition) is 3. The van der Waals surface area contributed by atoms with Crippen LogP contribution in [0, 0.1) is 0 Å². The number of carbonyl (C=O) groups is 2. The standard InChI is InChI=1S/C12H22N4O2/c1-10(17)14-6-8-15(9-7-14)11-2-4-16(5-3-11)12(13)18/h11H,2-9H2,1H3,(H2,13,18). The van der Waals surface area contributed by atoms with E-state index in [0.29, 0.717) is 6.04 Å². The van der Waals surface area contributed by atoms with Crippen molar-refractivity contribution in [2.24, 2.45) is 5.73 Å². The number of likely N-dealkylation sites (tertiary alicyclic amines) is 1. The molecular weight excluding hydrogens is 232 g/mol. The molecule has 6 heteroatoms. The maximum atomic E-state index is 11.2. The summed E-state index contributed by atoms with van der Waals surface area (Å²) >= 11 is 0. The number of nitrogens with zero attached hydrogens (tertiary/aromatic N) is 3. The van der Waals surface area contributed by atoms with E-state index in [1.54, 1.807) is 11.8 Å². The molecule has 0 aromatic heterocycles. The van der Waals surface area contributed by atoms with Gasteiger partial charge in [-0.15, -0.1) is 0 Å². The number of nitrogens with two attached hydrogens (primary N) is 1. The van der Waals surface area contributed by atoms with E-state index in [1.165, 1.54) is 0 Å². The number of amides is 3. The second-order valence-corrected chi connectivity index (χ2v) is 5.10. The normalized spacial score (nSPS) is 23.2. The van der Waals surface area contributed by atoms with E-state index in [1.807, 2.05) is 4.90 Å². The molecule has 0 aliphatic carbocycles. The van der Waals surface area contributed by atoms with Crippen LogP contribution < -0.4 is 5.73 Å². The third-order valence-electron chi connectivity index (χ3n) is 4.05. The van der Waals surface area contributed by atoms with Crippen LogP contribution >= 0.6 is 0 Å². The van der Waals surface area contributed by atoms with E-state index in [0.717, 1.165) is 52.1 Å². The first-order valence-electron chi connectivity index (χ1n) is 6.62. The Kier molecular flexibility index (Phi) is 4.06. The molecule has 18 heavy (non-hydrogen) atoms. The minimum absolute atomic E-state index is 0.165. The maximum absolute atomic E-state index is 11.2. The Hall–Kier alpha value is -1.30. The molecule has 0 bridgehead atoms. The number of carbonyl (C=O) groups excluding carboxylic acids is 2. The van der Waals surface area contributed by atoms with Gasteiger partial charge in [-0.05, 0) is 12.8 Å². The number of hydrogen-bond donors (Lipinski definition) is 1. The average molecular weight is 254 g/mol. The zero-order valence-electron chi connectivity index (χ0n) is 11.0. The van der Waals surface area contributed by atoms with Gasteiger partial charge in [-0.25, -0.2) is 4.79 Å². The Morgan fingerprint density at radius 1 is 0.944 bits per heavy atom. The van der Waals surface area contributed by atoms with Crippen LogP contribution in [-0.2, 0) is 4.79 Å². The van der Waals surface area contributed by atoms with E-state index in [2.05, 4.69) is 4.90 Å². The molecular formula is C12H22N4O2.